The summed E-state index contributed by atoms with van der Waals surface area (Å²) < 4.78 is 0. The summed E-state index contributed by atoms with van der Waals surface area (Å²) >= 11 is 6.25. The van der Waals surface area contributed by atoms with Crippen LogP contribution < -0.4 is 0 Å². The molecule has 3 rings (SSSR count). The summed E-state index contributed by atoms with van der Waals surface area (Å²) in [5, 5.41) is 22.6. The van der Waals surface area contributed by atoms with Gasteiger partial charge in [0, 0.05) is 21.7 Å². The van der Waals surface area contributed by atoms with Crippen molar-refractivity contribution >= 4 is 11.6 Å². The summed E-state index contributed by atoms with van der Waals surface area (Å²) in [6.45, 7) is 12.9. The molecule has 0 saturated carbocycles. The summed E-state index contributed by atoms with van der Waals surface area (Å²) in [4.78, 5) is 0. The summed E-state index contributed by atoms with van der Waals surface area (Å²) in [6.07, 6.45) is 1.66. The lowest BCUT2D eigenvalue weighted by Crippen LogP contribution is -2.17. The van der Waals surface area contributed by atoms with E-state index in [1.54, 1.807) is 6.20 Å². The first-order chi connectivity index (χ1) is 12.5. The molecule has 0 saturated heterocycles. The second-order valence-electron chi connectivity index (χ2n) is 8.97. The number of hydrogen-bond donors (Lipinski definition) is 2. The first kappa shape index (κ1) is 19.4. The zero-order chi connectivity index (χ0) is 20.0. The highest BCUT2D eigenvalue weighted by Gasteiger charge is 2.26. The molecule has 0 atom stereocenters. The van der Waals surface area contributed by atoms with E-state index in [9.17, 15) is 5.11 Å². The summed E-state index contributed by atoms with van der Waals surface area (Å²) in [5.41, 5.74) is 5.02. The first-order valence-electron chi connectivity index (χ1n) is 9.02. The van der Waals surface area contributed by atoms with Gasteiger partial charge in [-0.05, 0) is 40.2 Å². The van der Waals surface area contributed by atoms with Crippen LogP contribution in [0.2, 0.25) is 5.02 Å². The zero-order valence-electron chi connectivity index (χ0n) is 16.7. The summed E-state index contributed by atoms with van der Waals surface area (Å²) in [6, 6.07) is 9.80. The second-order valence-corrected chi connectivity index (χ2v) is 9.40. The Morgan fingerprint density at radius 1 is 0.889 bits per heavy atom. The van der Waals surface area contributed by atoms with Crippen LogP contribution in [0.5, 0.6) is 5.75 Å². The van der Waals surface area contributed by atoms with Gasteiger partial charge in [0.2, 0.25) is 0 Å². The van der Waals surface area contributed by atoms with Gasteiger partial charge in [-0.2, -0.15) is 15.4 Å². The van der Waals surface area contributed by atoms with Crippen molar-refractivity contribution in [1.82, 2.24) is 15.4 Å². The van der Waals surface area contributed by atoms with E-state index in [1.807, 2.05) is 18.2 Å². The number of phenols is 1. The molecule has 0 aliphatic carbocycles. The maximum Gasteiger partial charge on any atom is 0.127 e. The molecule has 0 spiro atoms. The highest BCUT2D eigenvalue weighted by molar-refractivity contribution is 6.31. The molecule has 2 N–H and O–H groups in total. The number of phenolic OH excluding ortho intramolecular Hbond substituents is 1. The average molecular weight is 384 g/mol. The van der Waals surface area contributed by atoms with Crippen LogP contribution in [0.4, 0.5) is 0 Å². The molecule has 0 radical (unpaired) electrons. The van der Waals surface area contributed by atoms with Crippen LogP contribution in [0.1, 0.15) is 52.7 Å². The summed E-state index contributed by atoms with van der Waals surface area (Å²) in [5.74, 6) is 0.294. The Morgan fingerprint density at radius 2 is 1.59 bits per heavy atom. The van der Waals surface area contributed by atoms with E-state index in [0.717, 1.165) is 22.3 Å². The fourth-order valence-corrected chi connectivity index (χ4v) is 3.31. The van der Waals surface area contributed by atoms with Gasteiger partial charge in [-0.1, -0.05) is 65.3 Å². The minimum absolute atomic E-state index is 0.0526. The van der Waals surface area contributed by atoms with Gasteiger partial charge in [-0.3, -0.25) is 0 Å². The van der Waals surface area contributed by atoms with Crippen molar-refractivity contribution in [2.45, 2.75) is 52.4 Å². The van der Waals surface area contributed by atoms with E-state index in [2.05, 4.69) is 69.1 Å². The number of rotatable bonds is 2. The van der Waals surface area contributed by atoms with Gasteiger partial charge < -0.3 is 5.11 Å². The van der Waals surface area contributed by atoms with Gasteiger partial charge in [-0.25, -0.2) is 0 Å². The van der Waals surface area contributed by atoms with Crippen LogP contribution in [-0.4, -0.2) is 20.5 Å². The molecular formula is C22H26ClN3O. The second kappa shape index (κ2) is 6.68. The normalized spacial score (nSPS) is 12.4. The molecule has 27 heavy (non-hydrogen) atoms. The number of halogens is 1. The first-order valence-corrected chi connectivity index (χ1v) is 9.40. The topological polar surface area (TPSA) is 61.8 Å². The predicted molar refractivity (Wildman–Crippen MR) is 111 cm³/mol. The number of hydrogen-bond acceptors (Lipinski definition) is 3. The zero-order valence-corrected chi connectivity index (χ0v) is 17.4. The van der Waals surface area contributed by atoms with E-state index >= 15 is 0 Å². The molecule has 0 bridgehead atoms. The molecule has 1 aromatic heterocycles. The molecular weight excluding hydrogens is 358 g/mol. The van der Waals surface area contributed by atoms with Gasteiger partial charge in [-0.15, -0.1) is 0 Å². The van der Waals surface area contributed by atoms with Crippen molar-refractivity contribution in [2.75, 3.05) is 0 Å². The minimum atomic E-state index is -0.194. The Balaban J connectivity index is 2.36. The number of benzene rings is 2. The third-order valence-corrected chi connectivity index (χ3v) is 4.98. The van der Waals surface area contributed by atoms with Crippen molar-refractivity contribution < 1.29 is 5.11 Å². The van der Waals surface area contributed by atoms with Crippen molar-refractivity contribution in [3.63, 3.8) is 0 Å². The molecule has 2 aromatic carbocycles. The van der Waals surface area contributed by atoms with Gasteiger partial charge >= 0.3 is 0 Å². The van der Waals surface area contributed by atoms with Gasteiger partial charge in [0.05, 0.1) is 6.20 Å². The van der Waals surface area contributed by atoms with E-state index in [-0.39, 0.29) is 10.8 Å². The Hall–Kier alpha value is -2.33. The number of aromatic nitrogens is 3. The molecule has 142 valence electrons. The average Bonchev–Trinajstić information content (AvgIpc) is 3.07. The maximum absolute atomic E-state index is 11.2. The van der Waals surface area contributed by atoms with E-state index < -0.39 is 0 Å². The molecule has 4 nitrogen and oxygen atoms in total. The molecule has 0 fully saturated rings. The minimum Gasteiger partial charge on any atom is -0.507 e. The molecule has 0 aliphatic rings. The van der Waals surface area contributed by atoms with Crippen LogP contribution in [0.3, 0.4) is 0 Å². The fraction of sp³-hybridized carbons (Fsp3) is 0.364. The summed E-state index contributed by atoms with van der Waals surface area (Å²) in [7, 11) is 0. The van der Waals surface area contributed by atoms with E-state index in [4.69, 9.17) is 11.6 Å². The Bertz CT molecular complexity index is 964. The number of nitrogens with one attached hydrogen (secondary N) is 1. The number of aromatic hydroxyl groups is 1. The lowest BCUT2D eigenvalue weighted by Gasteiger charge is -2.28. The molecule has 0 amide bonds. The Labute approximate surface area is 165 Å². The number of H-pyrrole nitrogens is 1. The van der Waals surface area contributed by atoms with Crippen LogP contribution >= 0.6 is 11.6 Å². The standard InChI is InChI=1S/C22H26ClN3O/c1-21(2,3)13-9-17(20(27)18(10-13)22(4,5)6)15-8-7-14(23)11-16(15)19-12-24-26-25-19/h7-12,27H,1-6H3,(H,24,25,26). The van der Waals surface area contributed by atoms with Crippen molar-refractivity contribution in [3.05, 3.63) is 52.7 Å². The van der Waals surface area contributed by atoms with Crippen LogP contribution in [0.25, 0.3) is 22.4 Å². The fourth-order valence-electron chi connectivity index (χ4n) is 3.14. The number of nitrogens with zero attached hydrogens (tertiary/aromatic N) is 2. The Morgan fingerprint density at radius 3 is 2.15 bits per heavy atom. The Kier molecular flexibility index (Phi) is 4.81. The quantitative estimate of drug-likeness (QED) is 0.562. The smallest absolute Gasteiger partial charge is 0.127 e. The maximum atomic E-state index is 11.2. The monoisotopic (exact) mass is 383 g/mol. The SMILES string of the molecule is CC(C)(C)c1cc(-c2ccc(Cl)cc2-c2cn[nH]n2)c(O)c(C(C)(C)C)c1. The van der Waals surface area contributed by atoms with Gasteiger partial charge in [0.25, 0.3) is 0 Å². The molecule has 0 aliphatic heterocycles. The largest absolute Gasteiger partial charge is 0.507 e. The molecule has 0 unspecified atom stereocenters. The van der Waals surface area contributed by atoms with Crippen molar-refractivity contribution in [2.24, 2.45) is 0 Å². The molecule has 3 aromatic rings. The lowest BCUT2D eigenvalue weighted by molar-refractivity contribution is 0.446. The van der Waals surface area contributed by atoms with Crippen LogP contribution in [0.15, 0.2) is 36.5 Å². The highest BCUT2D eigenvalue weighted by Crippen LogP contribution is 2.44. The van der Waals surface area contributed by atoms with Crippen molar-refractivity contribution in [1.29, 1.82) is 0 Å². The van der Waals surface area contributed by atoms with Crippen LogP contribution in [0, 0.1) is 0 Å². The van der Waals surface area contributed by atoms with Gasteiger partial charge in [0.1, 0.15) is 11.4 Å². The van der Waals surface area contributed by atoms with Gasteiger partial charge in [0.15, 0.2) is 0 Å². The lowest BCUT2D eigenvalue weighted by atomic mass is 9.77. The van der Waals surface area contributed by atoms with Crippen molar-refractivity contribution in [3.8, 4) is 28.1 Å². The highest BCUT2D eigenvalue weighted by atomic mass is 35.5. The third kappa shape index (κ3) is 3.86. The number of aromatic amines is 1. The van der Waals surface area contributed by atoms with E-state index in [1.165, 1.54) is 5.56 Å². The molecule has 5 heteroatoms. The van der Waals surface area contributed by atoms with Crippen LogP contribution in [-0.2, 0) is 10.8 Å². The third-order valence-electron chi connectivity index (χ3n) is 4.75. The van der Waals surface area contributed by atoms with E-state index in [0.29, 0.717) is 16.5 Å². The predicted octanol–water partition coefficient (Wildman–Crippen LogP) is 6.09. The molecule has 1 heterocycles.